The number of anilines is 2. The molecule has 3 heterocycles. The topological polar surface area (TPSA) is 118 Å². The summed E-state index contributed by atoms with van der Waals surface area (Å²) in [5, 5.41) is 12.8. The molecule has 1 fully saturated rings. The monoisotopic (exact) mass is 456 g/mol. The molecular formula is C26H28N6O2. The Hall–Kier alpha value is -3.78. The molecule has 0 atom stereocenters. The van der Waals surface area contributed by atoms with Gasteiger partial charge >= 0.3 is 0 Å². The number of aromatic nitrogens is 4. The second-order valence-electron chi connectivity index (χ2n) is 8.79. The molecule has 8 heteroatoms. The maximum atomic E-state index is 12.7. The van der Waals surface area contributed by atoms with Crippen LogP contribution in [0.5, 0.6) is 0 Å². The van der Waals surface area contributed by atoms with E-state index in [0.29, 0.717) is 17.2 Å². The van der Waals surface area contributed by atoms with Crippen molar-refractivity contribution in [2.45, 2.75) is 51.0 Å². The van der Waals surface area contributed by atoms with E-state index in [0.717, 1.165) is 60.3 Å². The zero-order chi connectivity index (χ0) is 23.7. The second kappa shape index (κ2) is 9.23. The van der Waals surface area contributed by atoms with Crippen LogP contribution in [0, 0.1) is 0 Å². The smallest absolute Gasteiger partial charge is 0.256 e. The highest BCUT2D eigenvalue weighted by Crippen LogP contribution is 2.36. The Morgan fingerprint density at radius 3 is 2.62 bits per heavy atom. The highest BCUT2D eigenvalue weighted by atomic mass is 16.3. The third kappa shape index (κ3) is 4.24. The Labute approximate surface area is 197 Å². The molecular weight excluding hydrogens is 428 g/mol. The van der Waals surface area contributed by atoms with Crippen molar-refractivity contribution in [3.05, 3.63) is 71.9 Å². The highest BCUT2D eigenvalue weighted by molar-refractivity contribution is 6.04. The molecule has 1 aliphatic rings. The first kappa shape index (κ1) is 22.0. The lowest BCUT2D eigenvalue weighted by molar-refractivity contribution is 0.102. The Kier molecular flexibility index (Phi) is 5.98. The lowest BCUT2D eigenvalue weighted by atomic mass is 9.87. The fourth-order valence-electron chi connectivity index (χ4n) is 4.64. The van der Waals surface area contributed by atoms with Crippen LogP contribution in [0.4, 0.5) is 11.6 Å². The van der Waals surface area contributed by atoms with Crippen molar-refractivity contribution in [1.82, 2.24) is 19.4 Å². The summed E-state index contributed by atoms with van der Waals surface area (Å²) in [4.78, 5) is 26.2. The molecule has 0 aliphatic heterocycles. The number of carbonyl (C=O) groups is 1. The molecule has 3 aromatic heterocycles. The van der Waals surface area contributed by atoms with Crippen molar-refractivity contribution in [3.63, 3.8) is 0 Å². The van der Waals surface area contributed by atoms with Gasteiger partial charge in [0.05, 0.1) is 6.10 Å². The van der Waals surface area contributed by atoms with Crippen molar-refractivity contribution < 1.29 is 9.90 Å². The van der Waals surface area contributed by atoms with Crippen LogP contribution in [0.2, 0.25) is 0 Å². The van der Waals surface area contributed by atoms with Gasteiger partial charge in [0.1, 0.15) is 28.7 Å². The van der Waals surface area contributed by atoms with Gasteiger partial charge in [-0.25, -0.2) is 15.0 Å². The van der Waals surface area contributed by atoms with Crippen LogP contribution < -0.4 is 11.1 Å². The maximum absolute atomic E-state index is 12.7. The molecule has 0 spiro atoms. The van der Waals surface area contributed by atoms with Crippen molar-refractivity contribution in [2.24, 2.45) is 0 Å². The Morgan fingerprint density at radius 1 is 1.12 bits per heavy atom. The molecule has 0 saturated heterocycles. The van der Waals surface area contributed by atoms with E-state index in [1.54, 1.807) is 24.5 Å². The first-order valence-electron chi connectivity index (χ1n) is 11.7. The molecule has 4 aromatic rings. The second-order valence-corrected chi connectivity index (χ2v) is 8.79. The number of benzene rings is 1. The van der Waals surface area contributed by atoms with Crippen LogP contribution in [-0.4, -0.2) is 36.5 Å². The fraction of sp³-hybridized carbons (Fsp3) is 0.308. The Morgan fingerprint density at radius 2 is 1.88 bits per heavy atom. The molecule has 4 N–H and O–H groups in total. The minimum absolute atomic E-state index is 0.218. The summed E-state index contributed by atoms with van der Waals surface area (Å²) in [6, 6.07) is 11.1. The third-order valence-electron chi connectivity index (χ3n) is 6.57. The molecule has 5 rings (SSSR count). The molecule has 1 amide bonds. The first-order chi connectivity index (χ1) is 16.5. The van der Waals surface area contributed by atoms with Crippen LogP contribution >= 0.6 is 0 Å². The van der Waals surface area contributed by atoms with Crippen LogP contribution in [0.1, 0.15) is 60.3 Å². The summed E-state index contributed by atoms with van der Waals surface area (Å²) in [5.74, 6) is 1.92. The van der Waals surface area contributed by atoms with Gasteiger partial charge in [-0.15, -0.1) is 0 Å². The van der Waals surface area contributed by atoms with E-state index in [2.05, 4.69) is 22.2 Å². The number of amides is 1. The number of hydrogen-bond donors (Lipinski definition) is 3. The minimum atomic E-state index is -0.230. The maximum Gasteiger partial charge on any atom is 0.256 e. The predicted octanol–water partition coefficient (Wildman–Crippen LogP) is 4.21. The number of aryl methyl sites for hydroxylation is 1. The number of nitrogens with zero attached hydrogens (tertiary/aromatic N) is 4. The summed E-state index contributed by atoms with van der Waals surface area (Å²) in [7, 11) is 0. The molecule has 0 unspecified atom stereocenters. The fourth-order valence-corrected chi connectivity index (χ4v) is 4.64. The van der Waals surface area contributed by atoms with Crippen molar-refractivity contribution >= 4 is 23.1 Å². The molecule has 8 nitrogen and oxygen atoms in total. The average molecular weight is 457 g/mol. The van der Waals surface area contributed by atoms with Gasteiger partial charge in [-0.3, -0.25) is 9.20 Å². The predicted molar refractivity (Wildman–Crippen MR) is 132 cm³/mol. The average Bonchev–Trinajstić information content (AvgIpc) is 3.26. The number of carbonyl (C=O) groups excluding carboxylic acids is 1. The summed E-state index contributed by atoms with van der Waals surface area (Å²) in [6.45, 7) is 2.06. The zero-order valence-corrected chi connectivity index (χ0v) is 19.1. The molecule has 34 heavy (non-hydrogen) atoms. The number of hydrogen-bond acceptors (Lipinski definition) is 6. The van der Waals surface area contributed by atoms with Gasteiger partial charge in [-0.1, -0.05) is 19.1 Å². The zero-order valence-electron chi connectivity index (χ0n) is 19.1. The number of aliphatic hydroxyl groups is 1. The van der Waals surface area contributed by atoms with Crippen molar-refractivity contribution in [2.75, 3.05) is 11.1 Å². The van der Waals surface area contributed by atoms with E-state index in [1.807, 2.05) is 34.9 Å². The van der Waals surface area contributed by atoms with Crippen LogP contribution in [0.3, 0.4) is 0 Å². The molecule has 174 valence electrons. The van der Waals surface area contributed by atoms with E-state index in [4.69, 9.17) is 10.7 Å². The van der Waals surface area contributed by atoms with Gasteiger partial charge in [0.2, 0.25) is 0 Å². The first-order valence-corrected chi connectivity index (χ1v) is 11.7. The third-order valence-corrected chi connectivity index (χ3v) is 6.57. The number of nitrogens with two attached hydrogens (primary N) is 1. The van der Waals surface area contributed by atoms with Gasteiger partial charge < -0.3 is 16.2 Å². The number of aliphatic hydroxyl groups excluding tert-OH is 1. The summed E-state index contributed by atoms with van der Waals surface area (Å²) in [5.41, 5.74) is 10.3. The number of imidazole rings is 1. The number of nitrogen functional groups attached to an aromatic ring is 1. The number of rotatable bonds is 5. The highest BCUT2D eigenvalue weighted by Gasteiger charge is 2.26. The van der Waals surface area contributed by atoms with E-state index in [-0.39, 0.29) is 17.9 Å². The SMILES string of the molecule is CCc1ccnc(NC(=O)c2ccc(-c3nc([C@H]4CC[C@H](O)CC4)n4ccnc(N)c34)cc2)c1. The lowest BCUT2D eigenvalue weighted by Crippen LogP contribution is -2.18. The van der Waals surface area contributed by atoms with E-state index in [9.17, 15) is 9.90 Å². The largest absolute Gasteiger partial charge is 0.393 e. The Balaban J connectivity index is 1.44. The van der Waals surface area contributed by atoms with E-state index >= 15 is 0 Å². The Bertz CT molecular complexity index is 1320. The molecule has 1 aliphatic carbocycles. The van der Waals surface area contributed by atoms with Gasteiger partial charge in [0, 0.05) is 35.6 Å². The van der Waals surface area contributed by atoms with E-state index < -0.39 is 0 Å². The van der Waals surface area contributed by atoms with Gasteiger partial charge in [0.25, 0.3) is 5.91 Å². The molecule has 1 aromatic carbocycles. The summed E-state index contributed by atoms with van der Waals surface area (Å²) >= 11 is 0. The standard InChI is InChI=1S/C26H28N6O2/c1-2-16-11-12-28-21(15-16)30-26(34)19-5-3-17(4-6-19)22-23-24(27)29-13-14-32(23)25(31-22)18-7-9-20(33)10-8-18/h3-6,11-15,18,20,33H,2,7-10H2,1H3,(H2,27,29)(H,28,30,34)/t18-,20-. The summed E-state index contributed by atoms with van der Waals surface area (Å²) < 4.78 is 2.02. The number of fused-ring (bicyclic) bond motifs is 1. The molecule has 0 bridgehead atoms. The van der Waals surface area contributed by atoms with E-state index in [1.165, 1.54) is 0 Å². The van der Waals surface area contributed by atoms with Crippen LogP contribution in [-0.2, 0) is 6.42 Å². The molecule has 0 radical (unpaired) electrons. The normalized spacial score (nSPS) is 18.2. The van der Waals surface area contributed by atoms with Gasteiger partial charge in [0.15, 0.2) is 0 Å². The number of pyridine rings is 1. The van der Waals surface area contributed by atoms with Gasteiger partial charge in [-0.05, 0) is 61.9 Å². The number of nitrogens with one attached hydrogen (secondary N) is 1. The summed E-state index contributed by atoms with van der Waals surface area (Å²) in [6.07, 6.45) is 9.23. The minimum Gasteiger partial charge on any atom is -0.393 e. The van der Waals surface area contributed by atoms with Crippen LogP contribution in [0.15, 0.2) is 55.0 Å². The van der Waals surface area contributed by atoms with Crippen molar-refractivity contribution in [1.29, 1.82) is 0 Å². The van der Waals surface area contributed by atoms with Gasteiger partial charge in [-0.2, -0.15) is 0 Å². The van der Waals surface area contributed by atoms with Crippen LogP contribution in [0.25, 0.3) is 16.8 Å². The lowest BCUT2D eigenvalue weighted by Gasteiger charge is -2.24. The van der Waals surface area contributed by atoms with Crippen molar-refractivity contribution in [3.8, 4) is 11.3 Å². The quantitative estimate of drug-likeness (QED) is 0.414. The molecule has 1 saturated carbocycles.